The van der Waals surface area contributed by atoms with Gasteiger partial charge in [-0.15, -0.1) is 11.6 Å². The molecule has 1 aromatic carbocycles. The summed E-state index contributed by atoms with van der Waals surface area (Å²) in [6.07, 6.45) is 5.17. The summed E-state index contributed by atoms with van der Waals surface area (Å²) in [7, 11) is 0. The third-order valence-electron chi connectivity index (χ3n) is 5.00. The monoisotopic (exact) mass is 323 g/mol. The molecule has 2 unspecified atom stereocenters. The first kappa shape index (κ1) is 13.9. The highest BCUT2D eigenvalue weighted by molar-refractivity contribution is 6.31. The molecule has 112 valence electrons. The van der Waals surface area contributed by atoms with Crippen LogP contribution in [0.4, 0.5) is 0 Å². The van der Waals surface area contributed by atoms with Crippen molar-refractivity contribution >= 4 is 34.2 Å². The Bertz CT molecular complexity index is 667. The molecule has 0 radical (unpaired) electrons. The largest absolute Gasteiger partial charge is 0.322 e. The summed E-state index contributed by atoms with van der Waals surface area (Å²) in [5.74, 6) is 1.43. The molecule has 0 N–H and O–H groups in total. The van der Waals surface area contributed by atoms with Crippen molar-refractivity contribution in [2.75, 3.05) is 13.1 Å². The fourth-order valence-corrected chi connectivity index (χ4v) is 4.46. The van der Waals surface area contributed by atoms with Crippen LogP contribution in [0.5, 0.6) is 0 Å². The minimum absolute atomic E-state index is 0.454. The van der Waals surface area contributed by atoms with Crippen LogP contribution in [0, 0.1) is 0 Å². The molecule has 5 heteroatoms. The van der Waals surface area contributed by atoms with Crippen LogP contribution in [0.1, 0.15) is 37.5 Å². The van der Waals surface area contributed by atoms with Crippen molar-refractivity contribution in [3.8, 4) is 0 Å². The van der Waals surface area contributed by atoms with Crippen LogP contribution in [-0.2, 0) is 5.88 Å². The Labute approximate surface area is 134 Å². The molecular formula is C16H19Cl2N3. The van der Waals surface area contributed by atoms with E-state index < -0.39 is 0 Å². The van der Waals surface area contributed by atoms with E-state index in [0.717, 1.165) is 16.4 Å². The van der Waals surface area contributed by atoms with E-state index in [4.69, 9.17) is 28.2 Å². The van der Waals surface area contributed by atoms with Gasteiger partial charge < -0.3 is 4.57 Å². The molecule has 2 aromatic rings. The summed E-state index contributed by atoms with van der Waals surface area (Å²) >= 11 is 12.3. The van der Waals surface area contributed by atoms with E-state index >= 15 is 0 Å². The zero-order valence-corrected chi connectivity index (χ0v) is 13.4. The number of nitrogens with zero attached hydrogens (tertiary/aromatic N) is 3. The highest BCUT2D eigenvalue weighted by Crippen LogP contribution is 2.38. The maximum absolute atomic E-state index is 6.17. The van der Waals surface area contributed by atoms with Crippen LogP contribution in [0.3, 0.4) is 0 Å². The highest BCUT2D eigenvalue weighted by atomic mass is 35.5. The molecule has 3 heterocycles. The van der Waals surface area contributed by atoms with Crippen LogP contribution < -0.4 is 0 Å². The van der Waals surface area contributed by atoms with Gasteiger partial charge in [0.1, 0.15) is 5.82 Å². The first-order valence-electron chi connectivity index (χ1n) is 7.74. The summed E-state index contributed by atoms with van der Waals surface area (Å²) in [6.45, 7) is 2.44. The van der Waals surface area contributed by atoms with Crippen molar-refractivity contribution in [3.05, 3.63) is 29.0 Å². The molecule has 4 rings (SSSR count). The molecule has 3 nitrogen and oxygen atoms in total. The number of benzene rings is 1. The minimum Gasteiger partial charge on any atom is -0.322 e. The molecule has 21 heavy (non-hydrogen) atoms. The molecule has 1 aromatic heterocycles. The molecule has 2 aliphatic heterocycles. The van der Waals surface area contributed by atoms with Crippen molar-refractivity contribution in [1.29, 1.82) is 0 Å². The van der Waals surface area contributed by atoms with Gasteiger partial charge in [0.05, 0.1) is 23.0 Å². The van der Waals surface area contributed by atoms with Gasteiger partial charge in [-0.05, 0) is 44.0 Å². The van der Waals surface area contributed by atoms with Crippen LogP contribution >= 0.6 is 23.2 Å². The van der Waals surface area contributed by atoms with Crippen molar-refractivity contribution < 1.29 is 0 Å². The number of imidazole rings is 1. The lowest BCUT2D eigenvalue weighted by Crippen LogP contribution is -2.38. The molecule has 0 saturated carbocycles. The predicted octanol–water partition coefficient (Wildman–Crippen LogP) is 4.23. The highest BCUT2D eigenvalue weighted by Gasteiger charge is 2.37. The van der Waals surface area contributed by atoms with Crippen LogP contribution in [0.15, 0.2) is 18.2 Å². The molecule has 2 saturated heterocycles. The van der Waals surface area contributed by atoms with Gasteiger partial charge >= 0.3 is 0 Å². The van der Waals surface area contributed by atoms with Crippen molar-refractivity contribution in [2.45, 2.75) is 43.6 Å². The van der Waals surface area contributed by atoms with E-state index in [1.165, 1.54) is 44.3 Å². The van der Waals surface area contributed by atoms with Gasteiger partial charge in [0.2, 0.25) is 0 Å². The number of piperidine rings is 1. The van der Waals surface area contributed by atoms with Gasteiger partial charge in [0, 0.05) is 17.6 Å². The van der Waals surface area contributed by atoms with Crippen molar-refractivity contribution in [2.24, 2.45) is 0 Å². The molecule has 0 aliphatic carbocycles. The van der Waals surface area contributed by atoms with E-state index in [2.05, 4.69) is 15.5 Å². The van der Waals surface area contributed by atoms with E-state index in [0.29, 0.717) is 18.0 Å². The number of rotatable bonds is 2. The van der Waals surface area contributed by atoms with Gasteiger partial charge in [0.25, 0.3) is 0 Å². The summed E-state index contributed by atoms with van der Waals surface area (Å²) in [5, 5.41) is 0.735. The van der Waals surface area contributed by atoms with Crippen LogP contribution in [0.2, 0.25) is 5.02 Å². The molecule has 0 amide bonds. The lowest BCUT2D eigenvalue weighted by molar-refractivity contribution is 0.174. The van der Waals surface area contributed by atoms with Gasteiger partial charge in [0.15, 0.2) is 0 Å². The number of alkyl halides is 1. The normalized spacial score (nSPS) is 26.4. The van der Waals surface area contributed by atoms with Crippen molar-refractivity contribution in [1.82, 2.24) is 14.5 Å². The second kappa shape index (κ2) is 5.45. The third-order valence-corrected chi connectivity index (χ3v) is 5.47. The average Bonchev–Trinajstić information content (AvgIpc) is 3.07. The van der Waals surface area contributed by atoms with Gasteiger partial charge in [-0.1, -0.05) is 18.0 Å². The van der Waals surface area contributed by atoms with Gasteiger partial charge in [-0.3, -0.25) is 4.90 Å². The fourth-order valence-electron chi connectivity index (χ4n) is 4.11. The lowest BCUT2D eigenvalue weighted by atomic mass is 9.98. The van der Waals surface area contributed by atoms with E-state index in [1.54, 1.807) is 0 Å². The first-order valence-corrected chi connectivity index (χ1v) is 8.65. The number of hydrogen-bond acceptors (Lipinski definition) is 2. The predicted molar refractivity (Wildman–Crippen MR) is 87.2 cm³/mol. The maximum atomic E-state index is 6.17. The Morgan fingerprint density at radius 3 is 2.90 bits per heavy atom. The quantitative estimate of drug-likeness (QED) is 0.771. The van der Waals surface area contributed by atoms with E-state index in [9.17, 15) is 0 Å². The zero-order chi connectivity index (χ0) is 14.4. The summed E-state index contributed by atoms with van der Waals surface area (Å²) < 4.78 is 2.38. The molecule has 2 aliphatic rings. The van der Waals surface area contributed by atoms with Gasteiger partial charge in [-0.25, -0.2) is 4.98 Å². The van der Waals surface area contributed by atoms with Crippen molar-refractivity contribution in [3.63, 3.8) is 0 Å². The summed E-state index contributed by atoms with van der Waals surface area (Å²) in [5.41, 5.74) is 2.14. The number of aromatic nitrogens is 2. The number of fused-ring (bicyclic) bond motifs is 2. The fraction of sp³-hybridized carbons (Fsp3) is 0.562. The molecule has 2 fully saturated rings. The Hall–Kier alpha value is -0.770. The maximum Gasteiger partial charge on any atom is 0.125 e. The smallest absolute Gasteiger partial charge is 0.125 e. The number of halogens is 2. The van der Waals surface area contributed by atoms with E-state index in [-0.39, 0.29) is 0 Å². The lowest BCUT2D eigenvalue weighted by Gasteiger charge is -2.33. The van der Waals surface area contributed by atoms with Crippen LogP contribution in [0.25, 0.3) is 11.0 Å². The molecule has 0 spiro atoms. The Morgan fingerprint density at radius 2 is 2.05 bits per heavy atom. The topological polar surface area (TPSA) is 21.1 Å². The standard InChI is InChI=1S/C16H19Cl2N3/c17-10-16-19-12-9-11(18)4-5-13(12)21(16)15-6-8-20-7-2-1-3-14(15)20/h4-5,9,14-15H,1-3,6-8,10H2. The van der Waals surface area contributed by atoms with Crippen LogP contribution in [-0.4, -0.2) is 33.6 Å². The Balaban J connectivity index is 1.81. The second-order valence-corrected chi connectivity index (χ2v) is 6.82. The number of hydrogen-bond donors (Lipinski definition) is 0. The third kappa shape index (κ3) is 2.26. The molecule has 2 atom stereocenters. The Kier molecular flexibility index (Phi) is 3.60. The summed E-state index contributed by atoms with van der Waals surface area (Å²) in [4.78, 5) is 7.35. The SMILES string of the molecule is ClCc1nc2cc(Cl)ccc2n1C1CCN2CCCCC12. The second-order valence-electron chi connectivity index (χ2n) is 6.12. The van der Waals surface area contributed by atoms with Gasteiger partial charge in [-0.2, -0.15) is 0 Å². The van der Waals surface area contributed by atoms with E-state index in [1.807, 2.05) is 12.1 Å². The summed E-state index contributed by atoms with van der Waals surface area (Å²) in [6, 6.07) is 7.13. The molecular weight excluding hydrogens is 305 g/mol. The Morgan fingerprint density at radius 1 is 1.14 bits per heavy atom. The molecule has 0 bridgehead atoms. The first-order chi connectivity index (χ1) is 10.3. The zero-order valence-electron chi connectivity index (χ0n) is 11.9. The average molecular weight is 324 g/mol. The minimum atomic E-state index is 0.454.